The van der Waals surface area contributed by atoms with Gasteiger partial charge in [0.15, 0.2) is 0 Å². The Hall–Kier alpha value is -2.87. The molecule has 0 aliphatic heterocycles. The minimum absolute atomic E-state index is 0.211. The van der Waals surface area contributed by atoms with E-state index in [9.17, 15) is 4.79 Å². The second-order valence-electron chi connectivity index (χ2n) is 9.15. The number of hydrogen-bond acceptors (Lipinski definition) is 1. The van der Waals surface area contributed by atoms with E-state index in [0.29, 0.717) is 6.04 Å². The molecule has 7 rings (SSSR count). The summed E-state index contributed by atoms with van der Waals surface area (Å²) in [6, 6.07) is 26.3. The maximum atomic E-state index is 14.6. The predicted octanol–water partition coefficient (Wildman–Crippen LogP) is 5.62. The average molecular weight is 394 g/mol. The monoisotopic (exact) mass is 393 g/mol. The van der Waals surface area contributed by atoms with Crippen LogP contribution in [-0.4, -0.2) is 23.9 Å². The van der Waals surface area contributed by atoms with Gasteiger partial charge in [-0.05, 0) is 46.2 Å². The first kappa shape index (κ1) is 17.9. The van der Waals surface area contributed by atoms with Gasteiger partial charge in [0.1, 0.15) is 5.41 Å². The zero-order chi connectivity index (χ0) is 20.3. The smallest absolute Gasteiger partial charge is 0.242 e. The number of likely N-dealkylation sites (N-methyl/N-ethyl adjacent to an activating group) is 1. The zero-order valence-electron chi connectivity index (χ0n) is 17.5. The molecule has 1 saturated carbocycles. The molecule has 0 spiro atoms. The quantitative estimate of drug-likeness (QED) is 0.553. The van der Waals surface area contributed by atoms with E-state index >= 15 is 0 Å². The molecule has 0 aromatic heterocycles. The maximum absolute atomic E-state index is 14.6. The topological polar surface area (TPSA) is 20.3 Å². The number of carbonyl (C=O) groups excluding carboxylic acids is 1. The van der Waals surface area contributed by atoms with Crippen LogP contribution in [0.5, 0.6) is 0 Å². The molecular weight excluding hydrogens is 366 g/mol. The number of nitrogens with zero attached hydrogens (tertiary/aromatic N) is 1. The summed E-state index contributed by atoms with van der Waals surface area (Å²) < 4.78 is 0. The van der Waals surface area contributed by atoms with Crippen molar-refractivity contribution in [1.29, 1.82) is 0 Å². The first-order valence-corrected chi connectivity index (χ1v) is 11.3. The lowest BCUT2D eigenvalue weighted by Crippen LogP contribution is -2.55. The van der Waals surface area contributed by atoms with Gasteiger partial charge in [0.05, 0.1) is 0 Å². The van der Waals surface area contributed by atoms with Crippen LogP contribution in [0.3, 0.4) is 0 Å². The van der Waals surface area contributed by atoms with Crippen LogP contribution < -0.4 is 0 Å². The molecule has 0 heterocycles. The van der Waals surface area contributed by atoms with E-state index in [0.717, 1.165) is 12.8 Å². The molecule has 0 atom stereocenters. The van der Waals surface area contributed by atoms with Gasteiger partial charge in [-0.25, -0.2) is 0 Å². The van der Waals surface area contributed by atoms with E-state index in [4.69, 9.17) is 0 Å². The Morgan fingerprint density at radius 1 is 0.733 bits per heavy atom. The SMILES string of the molecule is CN(C(=O)C12c3ccccc3C(c3ccccc31)c1ccccc12)C1CCCCC1. The molecule has 4 aliphatic rings. The molecule has 0 saturated heterocycles. The van der Waals surface area contributed by atoms with Crippen molar-refractivity contribution in [2.24, 2.45) is 0 Å². The van der Waals surface area contributed by atoms with Crippen molar-refractivity contribution < 1.29 is 4.79 Å². The van der Waals surface area contributed by atoms with Gasteiger partial charge in [0, 0.05) is 19.0 Å². The number of hydrogen-bond donors (Lipinski definition) is 0. The molecule has 1 amide bonds. The second-order valence-corrected chi connectivity index (χ2v) is 9.15. The Kier molecular flexibility index (Phi) is 3.93. The summed E-state index contributed by atoms with van der Waals surface area (Å²) in [7, 11) is 2.04. The van der Waals surface area contributed by atoms with Gasteiger partial charge in [-0.3, -0.25) is 4.79 Å². The zero-order valence-corrected chi connectivity index (χ0v) is 17.5. The summed E-state index contributed by atoms with van der Waals surface area (Å²) in [5, 5.41) is 0. The summed E-state index contributed by atoms with van der Waals surface area (Å²) in [6.45, 7) is 0. The molecule has 150 valence electrons. The van der Waals surface area contributed by atoms with Crippen LogP contribution in [0.15, 0.2) is 72.8 Å². The van der Waals surface area contributed by atoms with Crippen LogP contribution in [0.2, 0.25) is 0 Å². The number of amides is 1. The van der Waals surface area contributed by atoms with Crippen molar-refractivity contribution >= 4 is 5.91 Å². The van der Waals surface area contributed by atoms with Gasteiger partial charge in [-0.1, -0.05) is 92.1 Å². The average Bonchev–Trinajstić information content (AvgIpc) is 2.83. The Bertz CT molecular complexity index is 1020. The van der Waals surface area contributed by atoms with Gasteiger partial charge < -0.3 is 4.90 Å². The Morgan fingerprint density at radius 3 is 1.63 bits per heavy atom. The number of rotatable bonds is 2. The third kappa shape index (κ3) is 2.17. The van der Waals surface area contributed by atoms with Crippen LogP contribution >= 0.6 is 0 Å². The lowest BCUT2D eigenvalue weighted by atomic mass is 9.52. The highest BCUT2D eigenvalue weighted by atomic mass is 16.2. The van der Waals surface area contributed by atoms with Crippen LogP contribution in [0.25, 0.3) is 0 Å². The standard InChI is InChI=1S/C28H27NO/c1-29(19-11-3-2-4-12-19)27(30)28-23-16-8-5-13-20(23)26(21-14-6-9-17-24(21)28)22-15-7-10-18-25(22)28/h5-10,13-19,26H,2-4,11-12H2,1H3. The number of carbonyl (C=O) groups is 1. The summed E-state index contributed by atoms with van der Waals surface area (Å²) in [5.41, 5.74) is 6.67. The largest absolute Gasteiger partial charge is 0.341 e. The van der Waals surface area contributed by atoms with Crippen molar-refractivity contribution in [1.82, 2.24) is 4.90 Å². The van der Waals surface area contributed by atoms with Crippen LogP contribution in [0, 0.1) is 0 Å². The summed E-state index contributed by atoms with van der Waals surface area (Å²) in [4.78, 5) is 16.7. The highest BCUT2D eigenvalue weighted by molar-refractivity contribution is 6.00. The van der Waals surface area contributed by atoms with Crippen molar-refractivity contribution in [2.45, 2.75) is 49.5 Å². The Morgan fingerprint density at radius 2 is 1.17 bits per heavy atom. The third-order valence-corrected chi connectivity index (χ3v) is 7.79. The molecule has 2 heteroatoms. The summed E-state index contributed by atoms with van der Waals surface area (Å²) >= 11 is 0. The molecule has 2 nitrogen and oxygen atoms in total. The molecule has 0 unspecified atom stereocenters. The van der Waals surface area contributed by atoms with Gasteiger partial charge in [0.2, 0.25) is 5.91 Å². The lowest BCUT2D eigenvalue weighted by Gasteiger charge is -2.51. The fourth-order valence-electron chi connectivity index (χ4n) is 6.45. The highest BCUT2D eigenvalue weighted by Crippen LogP contribution is 2.59. The lowest BCUT2D eigenvalue weighted by molar-refractivity contribution is -0.136. The molecular formula is C28H27NO. The molecule has 0 radical (unpaired) electrons. The first-order chi connectivity index (χ1) is 14.7. The van der Waals surface area contributed by atoms with Crippen molar-refractivity contribution in [2.75, 3.05) is 7.05 Å². The molecule has 3 aromatic carbocycles. The normalized spacial score (nSPS) is 24.0. The van der Waals surface area contributed by atoms with Crippen molar-refractivity contribution in [3.05, 3.63) is 106 Å². The first-order valence-electron chi connectivity index (χ1n) is 11.3. The van der Waals surface area contributed by atoms with Crippen molar-refractivity contribution in [3.8, 4) is 0 Å². The van der Waals surface area contributed by atoms with Crippen LogP contribution in [-0.2, 0) is 10.2 Å². The Labute approximate surface area is 178 Å². The summed E-state index contributed by atoms with van der Waals surface area (Å²) in [6.07, 6.45) is 5.97. The predicted molar refractivity (Wildman–Crippen MR) is 120 cm³/mol. The van der Waals surface area contributed by atoms with E-state index in [1.54, 1.807) is 0 Å². The molecule has 3 aromatic rings. The van der Waals surface area contributed by atoms with E-state index in [1.165, 1.54) is 52.6 Å². The van der Waals surface area contributed by atoms with Gasteiger partial charge in [-0.2, -0.15) is 0 Å². The third-order valence-electron chi connectivity index (χ3n) is 7.79. The van der Waals surface area contributed by atoms with E-state index < -0.39 is 5.41 Å². The summed E-state index contributed by atoms with van der Waals surface area (Å²) in [5.74, 6) is 0.447. The minimum atomic E-state index is -0.745. The maximum Gasteiger partial charge on any atom is 0.242 e. The molecule has 4 aliphatic carbocycles. The van der Waals surface area contributed by atoms with E-state index in [-0.39, 0.29) is 11.8 Å². The van der Waals surface area contributed by atoms with Gasteiger partial charge in [0.25, 0.3) is 0 Å². The highest BCUT2D eigenvalue weighted by Gasteiger charge is 2.57. The molecule has 30 heavy (non-hydrogen) atoms. The van der Waals surface area contributed by atoms with Crippen LogP contribution in [0.4, 0.5) is 0 Å². The molecule has 2 bridgehead atoms. The van der Waals surface area contributed by atoms with E-state index in [1.807, 2.05) is 7.05 Å². The van der Waals surface area contributed by atoms with E-state index in [2.05, 4.69) is 77.7 Å². The fraction of sp³-hybridized carbons (Fsp3) is 0.321. The van der Waals surface area contributed by atoms with Gasteiger partial charge >= 0.3 is 0 Å². The van der Waals surface area contributed by atoms with Crippen LogP contribution in [0.1, 0.15) is 71.4 Å². The van der Waals surface area contributed by atoms with Crippen molar-refractivity contribution in [3.63, 3.8) is 0 Å². The Balaban J connectivity index is 1.65. The molecule has 0 N–H and O–H groups in total. The second kappa shape index (κ2) is 6.57. The molecule has 1 fully saturated rings. The minimum Gasteiger partial charge on any atom is -0.341 e. The fourth-order valence-corrected chi connectivity index (χ4v) is 6.45. The number of benzene rings is 3. The van der Waals surface area contributed by atoms with Gasteiger partial charge in [-0.15, -0.1) is 0 Å².